The SMILES string of the molecule is COC1(c2cc(F)cc(Sc3ccc(C[N+](C)(O)C(C)=O)cc3)c2)CCOCC1. The van der Waals surface area contributed by atoms with E-state index in [-0.39, 0.29) is 18.3 Å². The van der Waals surface area contributed by atoms with Crippen molar-refractivity contribution in [2.24, 2.45) is 0 Å². The van der Waals surface area contributed by atoms with Crippen LogP contribution in [-0.2, 0) is 26.4 Å². The van der Waals surface area contributed by atoms with Gasteiger partial charge in [0.1, 0.15) is 19.4 Å². The Kier molecular flexibility index (Phi) is 6.76. The third-order valence-electron chi connectivity index (χ3n) is 5.42. The number of hydroxylamine groups is 3. The van der Waals surface area contributed by atoms with Crippen molar-refractivity contribution in [3.8, 4) is 0 Å². The van der Waals surface area contributed by atoms with Gasteiger partial charge >= 0.3 is 5.91 Å². The molecule has 1 heterocycles. The molecule has 1 N–H and O–H groups in total. The minimum absolute atomic E-state index is 0.197. The fraction of sp³-hybridized carbons (Fsp3) is 0.409. The number of carbonyl (C=O) groups excluding carboxylic acids is 1. The fourth-order valence-corrected chi connectivity index (χ4v) is 4.36. The molecule has 29 heavy (non-hydrogen) atoms. The summed E-state index contributed by atoms with van der Waals surface area (Å²) in [6.07, 6.45) is 1.39. The van der Waals surface area contributed by atoms with Crippen LogP contribution < -0.4 is 0 Å². The number of hydrogen-bond acceptors (Lipinski definition) is 5. The van der Waals surface area contributed by atoms with Crippen molar-refractivity contribution in [2.45, 2.75) is 41.7 Å². The molecule has 0 aromatic heterocycles. The van der Waals surface area contributed by atoms with Crippen molar-refractivity contribution in [1.29, 1.82) is 0 Å². The van der Waals surface area contributed by atoms with E-state index in [0.29, 0.717) is 26.1 Å². The summed E-state index contributed by atoms with van der Waals surface area (Å²) in [5.74, 6) is -0.615. The van der Waals surface area contributed by atoms with Crippen molar-refractivity contribution < 1.29 is 28.5 Å². The van der Waals surface area contributed by atoms with E-state index >= 15 is 0 Å². The van der Waals surface area contributed by atoms with Gasteiger partial charge in [0.2, 0.25) is 0 Å². The van der Waals surface area contributed by atoms with Gasteiger partial charge in [-0.15, -0.1) is 4.65 Å². The second-order valence-corrected chi connectivity index (χ2v) is 8.70. The molecule has 0 radical (unpaired) electrons. The molecule has 1 unspecified atom stereocenters. The van der Waals surface area contributed by atoms with Crippen LogP contribution >= 0.6 is 11.8 Å². The van der Waals surface area contributed by atoms with Gasteiger partial charge in [-0.25, -0.2) is 14.4 Å². The lowest BCUT2D eigenvalue weighted by Crippen LogP contribution is -2.43. The molecule has 2 aromatic rings. The molecule has 1 amide bonds. The monoisotopic (exact) mass is 420 g/mol. The molecular weight excluding hydrogens is 393 g/mol. The first-order chi connectivity index (χ1) is 13.7. The van der Waals surface area contributed by atoms with Crippen molar-refractivity contribution in [2.75, 3.05) is 27.4 Å². The van der Waals surface area contributed by atoms with Crippen LogP contribution in [0, 0.1) is 5.82 Å². The zero-order valence-electron chi connectivity index (χ0n) is 17.0. The van der Waals surface area contributed by atoms with E-state index in [4.69, 9.17) is 9.47 Å². The van der Waals surface area contributed by atoms with Crippen molar-refractivity contribution >= 4 is 17.7 Å². The zero-order chi connectivity index (χ0) is 21.1. The molecule has 3 rings (SSSR count). The third-order valence-corrected chi connectivity index (χ3v) is 6.40. The molecule has 2 aromatic carbocycles. The minimum Gasteiger partial charge on any atom is -0.381 e. The standard InChI is InChI=1S/C22H27FNO4S/c1-16(25)24(2,26)15-17-4-6-20(7-5-17)29-21-13-18(12-19(23)14-21)22(27-3)8-10-28-11-9-22/h4-7,12-14,26H,8-11,15H2,1-3H3/q+1. The number of methoxy groups -OCH3 is 1. The van der Waals surface area contributed by atoms with Gasteiger partial charge in [0.05, 0.1) is 12.5 Å². The fourth-order valence-electron chi connectivity index (χ4n) is 3.46. The largest absolute Gasteiger partial charge is 0.381 e. The van der Waals surface area contributed by atoms with Crippen LogP contribution in [0.4, 0.5) is 4.39 Å². The van der Waals surface area contributed by atoms with Crippen LogP contribution in [-0.4, -0.2) is 43.1 Å². The van der Waals surface area contributed by atoms with Crippen LogP contribution in [0.3, 0.4) is 0 Å². The first-order valence-corrected chi connectivity index (χ1v) is 10.4. The highest BCUT2D eigenvalue weighted by molar-refractivity contribution is 7.99. The lowest BCUT2D eigenvalue weighted by Gasteiger charge is -2.36. The molecule has 156 valence electrons. The number of ether oxygens (including phenoxy) is 2. The van der Waals surface area contributed by atoms with Gasteiger partial charge in [0.25, 0.3) is 0 Å². The Morgan fingerprint density at radius 1 is 1.21 bits per heavy atom. The van der Waals surface area contributed by atoms with Gasteiger partial charge in [-0.3, -0.25) is 0 Å². The molecule has 7 heteroatoms. The highest BCUT2D eigenvalue weighted by atomic mass is 32.2. The summed E-state index contributed by atoms with van der Waals surface area (Å²) in [5, 5.41) is 10.1. The van der Waals surface area contributed by atoms with Gasteiger partial charge in [-0.05, 0) is 35.9 Å². The Balaban J connectivity index is 1.78. The Hall–Kier alpha value is -1.77. The molecule has 1 aliphatic rings. The molecule has 0 spiro atoms. The molecule has 0 aliphatic carbocycles. The van der Waals surface area contributed by atoms with E-state index in [0.717, 1.165) is 20.9 Å². The zero-order valence-corrected chi connectivity index (χ0v) is 17.8. The minimum atomic E-state index is -0.692. The van der Waals surface area contributed by atoms with Crippen LogP contribution in [0.5, 0.6) is 0 Å². The molecule has 0 saturated carbocycles. The average Bonchev–Trinajstić information content (AvgIpc) is 2.69. The number of rotatable bonds is 6. The summed E-state index contributed by atoms with van der Waals surface area (Å²) < 4.78 is 24.9. The summed E-state index contributed by atoms with van der Waals surface area (Å²) in [4.78, 5) is 13.2. The molecule has 1 saturated heterocycles. The highest BCUT2D eigenvalue weighted by Gasteiger charge is 2.35. The second-order valence-electron chi connectivity index (χ2n) is 7.55. The number of halogens is 1. The topological polar surface area (TPSA) is 55.8 Å². The second kappa shape index (κ2) is 8.93. The summed E-state index contributed by atoms with van der Waals surface area (Å²) >= 11 is 1.46. The first-order valence-electron chi connectivity index (χ1n) is 9.54. The maximum absolute atomic E-state index is 14.4. The molecule has 1 aliphatic heterocycles. The van der Waals surface area contributed by atoms with E-state index < -0.39 is 10.2 Å². The van der Waals surface area contributed by atoms with Gasteiger partial charge in [0, 0.05) is 48.5 Å². The van der Waals surface area contributed by atoms with Gasteiger partial charge in [0.15, 0.2) is 0 Å². The highest BCUT2D eigenvalue weighted by Crippen LogP contribution is 2.39. The normalized spacial score (nSPS) is 18.2. The third kappa shape index (κ3) is 5.24. The summed E-state index contributed by atoms with van der Waals surface area (Å²) in [6.45, 7) is 2.74. The van der Waals surface area contributed by atoms with Crippen LogP contribution in [0.15, 0.2) is 52.3 Å². The van der Waals surface area contributed by atoms with Crippen molar-refractivity contribution in [3.63, 3.8) is 0 Å². The Bertz CT molecular complexity index is 864. The first kappa shape index (κ1) is 21.9. The summed E-state index contributed by atoms with van der Waals surface area (Å²) in [5.41, 5.74) is 1.16. The van der Waals surface area contributed by atoms with E-state index in [9.17, 15) is 14.4 Å². The summed E-state index contributed by atoms with van der Waals surface area (Å²) in [6, 6.07) is 12.6. The summed E-state index contributed by atoms with van der Waals surface area (Å²) in [7, 11) is 3.12. The van der Waals surface area contributed by atoms with Crippen molar-refractivity contribution in [1.82, 2.24) is 0 Å². The Labute approximate surface area is 175 Å². The smallest absolute Gasteiger partial charge is 0.342 e. The number of hydrogen-bond donors (Lipinski definition) is 1. The van der Waals surface area contributed by atoms with E-state index in [2.05, 4.69) is 0 Å². The quantitative estimate of drug-likeness (QED) is 0.423. The van der Waals surface area contributed by atoms with Gasteiger partial charge in [-0.2, -0.15) is 0 Å². The number of quaternary nitrogens is 1. The molecule has 1 atom stereocenters. The van der Waals surface area contributed by atoms with E-state index in [1.807, 2.05) is 30.3 Å². The van der Waals surface area contributed by atoms with Gasteiger partial charge < -0.3 is 9.47 Å². The maximum atomic E-state index is 14.4. The molecule has 5 nitrogen and oxygen atoms in total. The lowest BCUT2D eigenvalue weighted by atomic mass is 9.86. The van der Waals surface area contributed by atoms with Gasteiger partial charge in [-0.1, -0.05) is 23.9 Å². The lowest BCUT2D eigenvalue weighted by molar-refractivity contribution is -1.03. The Morgan fingerprint density at radius 3 is 2.45 bits per heavy atom. The number of carbonyl (C=O) groups is 1. The Morgan fingerprint density at radius 2 is 1.86 bits per heavy atom. The van der Waals surface area contributed by atoms with E-state index in [1.165, 1.54) is 31.8 Å². The maximum Gasteiger partial charge on any atom is 0.342 e. The van der Waals surface area contributed by atoms with Crippen LogP contribution in [0.1, 0.15) is 30.9 Å². The van der Waals surface area contributed by atoms with Crippen LogP contribution in [0.25, 0.3) is 0 Å². The molecule has 1 fully saturated rings. The number of nitrogens with zero attached hydrogens (tertiary/aromatic N) is 1. The van der Waals surface area contributed by atoms with E-state index in [1.54, 1.807) is 13.2 Å². The number of amides is 1. The molecule has 0 bridgehead atoms. The molecular formula is C22H27FNO4S+. The van der Waals surface area contributed by atoms with Crippen LogP contribution in [0.2, 0.25) is 0 Å². The average molecular weight is 421 g/mol. The predicted octanol–water partition coefficient (Wildman–Crippen LogP) is 4.51. The predicted molar refractivity (Wildman–Crippen MR) is 108 cm³/mol. The number of benzene rings is 2. The van der Waals surface area contributed by atoms with Crippen molar-refractivity contribution in [3.05, 3.63) is 59.4 Å².